The van der Waals surface area contributed by atoms with Gasteiger partial charge in [0.15, 0.2) is 5.13 Å². The first-order valence-electron chi connectivity index (χ1n) is 6.48. The van der Waals surface area contributed by atoms with Gasteiger partial charge < -0.3 is 10.1 Å². The predicted molar refractivity (Wildman–Crippen MR) is 83.7 cm³/mol. The Morgan fingerprint density at radius 1 is 1.05 bits per heavy atom. The number of nitrogens with zero attached hydrogens (tertiary/aromatic N) is 1. The van der Waals surface area contributed by atoms with E-state index in [-0.39, 0.29) is 11.6 Å². The van der Waals surface area contributed by atoms with Crippen LogP contribution in [0.5, 0.6) is 5.75 Å². The predicted octanol–water partition coefficient (Wildman–Crippen LogP) is 4.84. The van der Waals surface area contributed by atoms with Crippen LogP contribution in [0.1, 0.15) is 0 Å². The first-order valence-corrected chi connectivity index (χ1v) is 7.36. The van der Waals surface area contributed by atoms with E-state index in [0.717, 1.165) is 5.69 Å². The van der Waals surface area contributed by atoms with Crippen LogP contribution in [0.15, 0.2) is 47.8 Å². The van der Waals surface area contributed by atoms with Crippen LogP contribution >= 0.6 is 11.3 Å². The Morgan fingerprint density at radius 2 is 1.77 bits per heavy atom. The summed E-state index contributed by atoms with van der Waals surface area (Å²) in [6, 6.07) is 10.3. The van der Waals surface area contributed by atoms with Crippen LogP contribution in [-0.4, -0.2) is 12.1 Å². The van der Waals surface area contributed by atoms with E-state index in [1.807, 2.05) is 5.38 Å². The van der Waals surface area contributed by atoms with Crippen LogP contribution in [0.2, 0.25) is 0 Å². The lowest BCUT2D eigenvalue weighted by atomic mass is 10.1. The van der Waals surface area contributed by atoms with E-state index in [1.54, 1.807) is 18.2 Å². The van der Waals surface area contributed by atoms with Crippen LogP contribution in [0.3, 0.4) is 0 Å². The lowest BCUT2D eigenvalue weighted by Gasteiger charge is -2.06. The number of methoxy groups -OCH3 is 1. The Morgan fingerprint density at radius 3 is 2.50 bits per heavy atom. The number of ether oxygens (including phenoxy) is 1. The van der Waals surface area contributed by atoms with E-state index in [1.165, 1.54) is 42.7 Å². The van der Waals surface area contributed by atoms with Gasteiger partial charge in [-0.05, 0) is 42.5 Å². The third-order valence-electron chi connectivity index (χ3n) is 3.04. The Kier molecular flexibility index (Phi) is 4.02. The zero-order valence-electron chi connectivity index (χ0n) is 11.6. The second-order valence-electron chi connectivity index (χ2n) is 4.51. The van der Waals surface area contributed by atoms with E-state index in [2.05, 4.69) is 10.3 Å². The van der Waals surface area contributed by atoms with Crippen molar-refractivity contribution < 1.29 is 13.5 Å². The normalized spacial score (nSPS) is 10.5. The molecule has 3 rings (SSSR count). The quantitative estimate of drug-likeness (QED) is 0.747. The van der Waals surface area contributed by atoms with Crippen molar-refractivity contribution in [2.45, 2.75) is 0 Å². The summed E-state index contributed by atoms with van der Waals surface area (Å²) in [7, 11) is 1.53. The van der Waals surface area contributed by atoms with Gasteiger partial charge in [0.2, 0.25) is 0 Å². The van der Waals surface area contributed by atoms with Crippen molar-refractivity contribution in [2.24, 2.45) is 0 Å². The Bertz CT molecular complexity index is 787. The molecule has 1 N–H and O–H groups in total. The van der Waals surface area contributed by atoms with Gasteiger partial charge in [-0.3, -0.25) is 0 Å². The minimum Gasteiger partial charge on any atom is -0.496 e. The van der Waals surface area contributed by atoms with Crippen LogP contribution in [0.25, 0.3) is 11.3 Å². The highest BCUT2D eigenvalue weighted by atomic mass is 32.1. The zero-order chi connectivity index (χ0) is 15.5. The van der Waals surface area contributed by atoms with Gasteiger partial charge in [0, 0.05) is 16.6 Å². The monoisotopic (exact) mass is 318 g/mol. The highest BCUT2D eigenvalue weighted by molar-refractivity contribution is 7.14. The van der Waals surface area contributed by atoms with Crippen molar-refractivity contribution >= 4 is 22.2 Å². The van der Waals surface area contributed by atoms with E-state index < -0.39 is 0 Å². The first-order chi connectivity index (χ1) is 10.7. The summed E-state index contributed by atoms with van der Waals surface area (Å²) in [6.45, 7) is 0. The summed E-state index contributed by atoms with van der Waals surface area (Å²) in [5.74, 6) is -0.0910. The molecule has 112 valence electrons. The van der Waals surface area contributed by atoms with E-state index in [9.17, 15) is 8.78 Å². The molecule has 0 aliphatic carbocycles. The molecule has 0 saturated carbocycles. The smallest absolute Gasteiger partial charge is 0.187 e. The van der Waals surface area contributed by atoms with Crippen molar-refractivity contribution in [3.63, 3.8) is 0 Å². The van der Waals surface area contributed by atoms with Crippen molar-refractivity contribution in [1.82, 2.24) is 4.98 Å². The molecular weight excluding hydrogens is 306 g/mol. The minimum atomic E-state index is -0.350. The molecule has 0 unspecified atom stereocenters. The molecule has 1 heterocycles. The number of benzene rings is 2. The lowest BCUT2D eigenvalue weighted by Crippen LogP contribution is -1.91. The summed E-state index contributed by atoms with van der Waals surface area (Å²) in [5, 5.41) is 5.52. The fourth-order valence-corrected chi connectivity index (χ4v) is 2.72. The second-order valence-corrected chi connectivity index (χ2v) is 5.37. The third-order valence-corrected chi connectivity index (χ3v) is 3.79. The van der Waals surface area contributed by atoms with Gasteiger partial charge in [0.1, 0.15) is 17.4 Å². The molecule has 0 spiro atoms. The Hall–Kier alpha value is -2.47. The van der Waals surface area contributed by atoms with Crippen molar-refractivity contribution in [2.75, 3.05) is 12.4 Å². The Labute approximate surface area is 130 Å². The molecular formula is C16H12F2N2OS. The number of anilines is 2. The molecule has 0 fully saturated rings. The standard InChI is InChI=1S/C16H12F2N2OS/c1-21-15-7-4-11(18)8-13(15)14-9-22-16(20-14)19-12-5-2-10(17)3-6-12/h2-9H,1H3,(H,19,20). The van der Waals surface area contributed by atoms with Gasteiger partial charge in [0.05, 0.1) is 12.8 Å². The van der Waals surface area contributed by atoms with Gasteiger partial charge in [0.25, 0.3) is 0 Å². The molecule has 0 saturated heterocycles. The van der Waals surface area contributed by atoms with Crippen LogP contribution in [-0.2, 0) is 0 Å². The highest BCUT2D eigenvalue weighted by Gasteiger charge is 2.11. The first kappa shape index (κ1) is 14.5. The maximum absolute atomic E-state index is 13.4. The summed E-state index contributed by atoms with van der Waals surface area (Å²) < 4.78 is 31.5. The molecule has 0 aliphatic rings. The van der Waals surface area contributed by atoms with E-state index in [0.29, 0.717) is 22.1 Å². The van der Waals surface area contributed by atoms with Crippen LogP contribution < -0.4 is 10.1 Å². The van der Waals surface area contributed by atoms with Crippen LogP contribution in [0.4, 0.5) is 19.6 Å². The van der Waals surface area contributed by atoms with Gasteiger partial charge in [-0.25, -0.2) is 13.8 Å². The van der Waals surface area contributed by atoms with Gasteiger partial charge in [-0.1, -0.05) is 0 Å². The lowest BCUT2D eigenvalue weighted by molar-refractivity contribution is 0.415. The molecule has 3 nitrogen and oxygen atoms in total. The molecule has 22 heavy (non-hydrogen) atoms. The van der Waals surface area contributed by atoms with Crippen molar-refractivity contribution in [3.8, 4) is 17.0 Å². The zero-order valence-corrected chi connectivity index (χ0v) is 12.5. The molecule has 0 atom stereocenters. The van der Waals surface area contributed by atoms with E-state index >= 15 is 0 Å². The SMILES string of the molecule is COc1ccc(F)cc1-c1csc(Nc2ccc(F)cc2)n1. The molecule has 0 bridgehead atoms. The molecule has 0 radical (unpaired) electrons. The molecule has 6 heteroatoms. The number of thiazole rings is 1. The topological polar surface area (TPSA) is 34.1 Å². The number of hydrogen-bond donors (Lipinski definition) is 1. The van der Waals surface area contributed by atoms with Crippen LogP contribution in [0, 0.1) is 11.6 Å². The summed E-state index contributed by atoms with van der Waals surface area (Å²) in [4.78, 5) is 4.41. The third kappa shape index (κ3) is 3.07. The average Bonchev–Trinajstić information content (AvgIpc) is 2.98. The van der Waals surface area contributed by atoms with Crippen molar-refractivity contribution in [1.29, 1.82) is 0 Å². The fourth-order valence-electron chi connectivity index (χ4n) is 1.99. The highest BCUT2D eigenvalue weighted by Crippen LogP contribution is 2.33. The van der Waals surface area contributed by atoms with Gasteiger partial charge in [-0.2, -0.15) is 0 Å². The maximum atomic E-state index is 13.4. The van der Waals surface area contributed by atoms with Gasteiger partial charge >= 0.3 is 0 Å². The fraction of sp³-hybridized carbons (Fsp3) is 0.0625. The average molecular weight is 318 g/mol. The number of hydrogen-bond acceptors (Lipinski definition) is 4. The number of aromatic nitrogens is 1. The van der Waals surface area contributed by atoms with Crippen molar-refractivity contribution in [3.05, 3.63) is 59.5 Å². The molecule has 0 aliphatic heterocycles. The largest absolute Gasteiger partial charge is 0.496 e. The number of halogens is 2. The molecule has 3 aromatic rings. The molecule has 2 aromatic carbocycles. The van der Waals surface area contributed by atoms with E-state index in [4.69, 9.17) is 4.74 Å². The molecule has 0 amide bonds. The summed E-state index contributed by atoms with van der Waals surface area (Å²) >= 11 is 1.37. The molecule has 1 aromatic heterocycles. The summed E-state index contributed by atoms with van der Waals surface area (Å²) in [6.07, 6.45) is 0. The maximum Gasteiger partial charge on any atom is 0.187 e. The second kappa shape index (κ2) is 6.11. The number of rotatable bonds is 4. The minimum absolute atomic E-state index is 0.296. The summed E-state index contributed by atoms with van der Waals surface area (Å²) in [5.41, 5.74) is 1.94. The number of nitrogens with one attached hydrogen (secondary N) is 1. The van der Waals surface area contributed by atoms with Gasteiger partial charge in [-0.15, -0.1) is 11.3 Å². The Balaban J connectivity index is 1.87.